The van der Waals surface area contributed by atoms with Crippen LogP contribution < -0.4 is 27.3 Å². The Kier molecular flexibility index (Phi) is 9.37. The van der Waals surface area contributed by atoms with Gasteiger partial charge in [-0.15, -0.1) is 11.3 Å². The summed E-state index contributed by atoms with van der Waals surface area (Å²) in [5, 5.41) is 23.2. The highest BCUT2D eigenvalue weighted by Crippen LogP contribution is 2.52. The molecule has 0 saturated carbocycles. The summed E-state index contributed by atoms with van der Waals surface area (Å²) >= 11 is 0.612. The Morgan fingerprint density at radius 1 is 1.19 bits per heavy atom. The van der Waals surface area contributed by atoms with Crippen molar-refractivity contribution in [2.75, 3.05) is 43.0 Å². The van der Waals surface area contributed by atoms with E-state index < -0.39 is 80.7 Å². The number of halogens is 6. The predicted molar refractivity (Wildman–Crippen MR) is 188 cm³/mol. The summed E-state index contributed by atoms with van der Waals surface area (Å²) in [5.41, 5.74) is 13.0. The standard InChI is InChI=1S/C35H33F6N9O2S/c36-16-12-34(8-3-11-50(34)14-16)15-52-33-48-27-24(32(49-33)47-21(5-1-9-42)17-4-2-10-46-30(17)44)28(51)25(35(39,40)41)23(26(27)38)18-6-7-20(37)29-22(18)19(13-43)31(45)53-29/h2,4,6-7,10,16,21,51H,1,3,5,8-9,11-12,14-15,42,45H2,(H2,44,46)(H,47,48,49)/t16-,21-,34+/m1/s1. The second-order valence-corrected chi connectivity index (χ2v) is 14.3. The summed E-state index contributed by atoms with van der Waals surface area (Å²) < 4.78 is 97.9. The van der Waals surface area contributed by atoms with Crippen LogP contribution in [0.5, 0.6) is 11.8 Å². The monoisotopic (exact) mass is 757 g/mol. The quantitative estimate of drug-likeness (QED) is 0.0945. The first-order chi connectivity index (χ1) is 25.3. The van der Waals surface area contributed by atoms with E-state index in [-0.39, 0.29) is 59.0 Å². The van der Waals surface area contributed by atoms with Crippen LogP contribution in [-0.4, -0.2) is 62.9 Å². The van der Waals surface area contributed by atoms with E-state index in [1.165, 1.54) is 6.20 Å². The number of benzene rings is 2. The normalized spacial score (nSPS) is 19.5. The number of alkyl halides is 4. The Morgan fingerprint density at radius 3 is 2.70 bits per heavy atom. The molecule has 0 radical (unpaired) electrons. The second kappa shape index (κ2) is 13.7. The molecule has 8 N–H and O–H groups in total. The summed E-state index contributed by atoms with van der Waals surface area (Å²) in [4.78, 5) is 14.6. The number of anilines is 3. The first-order valence-electron chi connectivity index (χ1n) is 16.7. The highest BCUT2D eigenvalue weighted by atomic mass is 32.1. The van der Waals surface area contributed by atoms with E-state index in [9.17, 15) is 19.1 Å². The average molecular weight is 758 g/mol. The van der Waals surface area contributed by atoms with Gasteiger partial charge in [-0.25, -0.2) is 18.2 Å². The van der Waals surface area contributed by atoms with Gasteiger partial charge in [-0.05, 0) is 56.5 Å². The fourth-order valence-electron chi connectivity index (χ4n) is 7.67. The molecule has 5 aromatic rings. The lowest BCUT2D eigenvalue weighted by atomic mass is 9.91. The molecule has 278 valence electrons. The number of thiophene rings is 1. The van der Waals surface area contributed by atoms with Crippen molar-refractivity contribution >= 4 is 49.0 Å². The van der Waals surface area contributed by atoms with Gasteiger partial charge in [-0.1, -0.05) is 12.1 Å². The van der Waals surface area contributed by atoms with Crippen molar-refractivity contribution < 1.29 is 36.2 Å². The van der Waals surface area contributed by atoms with E-state index in [1.807, 2.05) is 4.90 Å². The molecule has 5 heterocycles. The van der Waals surface area contributed by atoms with Gasteiger partial charge in [0.25, 0.3) is 0 Å². The van der Waals surface area contributed by atoms with Crippen LogP contribution in [-0.2, 0) is 6.18 Å². The molecular weight excluding hydrogens is 725 g/mol. The largest absolute Gasteiger partial charge is 0.506 e. The van der Waals surface area contributed by atoms with E-state index in [0.717, 1.165) is 18.6 Å². The zero-order valence-electron chi connectivity index (χ0n) is 27.9. The lowest BCUT2D eigenvalue weighted by Crippen LogP contribution is -2.43. The number of ether oxygens (including phenoxy) is 1. The van der Waals surface area contributed by atoms with Gasteiger partial charge in [0.1, 0.15) is 58.1 Å². The van der Waals surface area contributed by atoms with Crippen molar-refractivity contribution in [2.24, 2.45) is 5.73 Å². The highest BCUT2D eigenvalue weighted by Gasteiger charge is 2.49. The number of phenolic OH excluding ortho intramolecular Hbond substituents is 1. The minimum atomic E-state index is -5.40. The number of nitrogens with one attached hydrogen (secondary N) is 1. The van der Waals surface area contributed by atoms with Crippen LogP contribution in [0.1, 0.15) is 54.8 Å². The van der Waals surface area contributed by atoms with E-state index in [1.54, 1.807) is 18.2 Å². The number of aromatic nitrogens is 3. The predicted octanol–water partition coefficient (Wildman–Crippen LogP) is 6.79. The van der Waals surface area contributed by atoms with E-state index in [4.69, 9.17) is 21.9 Å². The lowest BCUT2D eigenvalue weighted by Gasteiger charge is -2.31. The Labute approximate surface area is 302 Å². The summed E-state index contributed by atoms with van der Waals surface area (Å²) in [6, 6.07) is 5.45. The molecule has 0 bridgehead atoms. The van der Waals surface area contributed by atoms with Gasteiger partial charge in [0.15, 0.2) is 5.82 Å². The van der Waals surface area contributed by atoms with Crippen LogP contribution in [0.25, 0.3) is 32.1 Å². The van der Waals surface area contributed by atoms with Crippen molar-refractivity contribution in [3.8, 4) is 29.0 Å². The molecule has 18 heteroatoms. The van der Waals surface area contributed by atoms with Crippen molar-refractivity contribution in [2.45, 2.75) is 56.0 Å². The highest BCUT2D eigenvalue weighted by molar-refractivity contribution is 7.23. The molecule has 0 spiro atoms. The molecule has 3 atom stereocenters. The van der Waals surface area contributed by atoms with Crippen molar-refractivity contribution in [3.63, 3.8) is 0 Å². The Morgan fingerprint density at radius 2 is 1.98 bits per heavy atom. The number of nitrogen functional groups attached to an aromatic ring is 2. The summed E-state index contributed by atoms with van der Waals surface area (Å²) in [5.74, 6) is -4.23. The fourth-order valence-corrected chi connectivity index (χ4v) is 8.62. The minimum absolute atomic E-state index is 0.0941. The van der Waals surface area contributed by atoms with Crippen LogP contribution in [0.2, 0.25) is 0 Å². The molecule has 2 saturated heterocycles. The van der Waals surface area contributed by atoms with E-state index in [2.05, 4.69) is 20.3 Å². The Hall–Kier alpha value is -5.12. The van der Waals surface area contributed by atoms with Crippen LogP contribution in [0.15, 0.2) is 30.5 Å². The molecule has 0 unspecified atom stereocenters. The van der Waals surface area contributed by atoms with Gasteiger partial charge in [0.05, 0.1) is 27.2 Å². The first-order valence-corrected chi connectivity index (χ1v) is 17.5. The molecule has 0 amide bonds. The molecule has 11 nitrogen and oxygen atoms in total. The van der Waals surface area contributed by atoms with Gasteiger partial charge in [0.2, 0.25) is 0 Å². The van der Waals surface area contributed by atoms with Crippen molar-refractivity contribution in [1.29, 1.82) is 5.26 Å². The molecule has 0 aliphatic carbocycles. The molecule has 7 rings (SSSR count). The number of fused-ring (bicyclic) bond motifs is 3. The second-order valence-electron chi connectivity index (χ2n) is 13.2. The zero-order chi connectivity index (χ0) is 37.8. The van der Waals surface area contributed by atoms with Crippen molar-refractivity contribution in [1.82, 2.24) is 19.9 Å². The topological polar surface area (TPSA) is 185 Å². The van der Waals surface area contributed by atoms with Gasteiger partial charge in [-0.2, -0.15) is 28.4 Å². The van der Waals surface area contributed by atoms with Gasteiger partial charge >= 0.3 is 12.2 Å². The maximum absolute atomic E-state index is 17.2. The van der Waals surface area contributed by atoms with Crippen LogP contribution in [0.4, 0.5) is 43.0 Å². The smallest absolute Gasteiger partial charge is 0.420 e. The van der Waals surface area contributed by atoms with Gasteiger partial charge < -0.3 is 32.4 Å². The number of nitrogens with two attached hydrogens (primary N) is 3. The maximum Gasteiger partial charge on any atom is 0.420 e. The number of aromatic hydroxyl groups is 1. The molecule has 2 aliphatic heterocycles. The average Bonchev–Trinajstić information content (AvgIpc) is 3.76. The molecule has 3 aromatic heterocycles. The fraction of sp³-hybridized carbons (Fsp3) is 0.371. The number of rotatable bonds is 10. The Bertz CT molecular complexity index is 2280. The number of hydrogen-bond acceptors (Lipinski definition) is 12. The third kappa shape index (κ3) is 6.25. The van der Waals surface area contributed by atoms with Crippen molar-refractivity contribution in [3.05, 3.63) is 58.8 Å². The summed E-state index contributed by atoms with van der Waals surface area (Å²) in [6.45, 7) is 0.974. The van der Waals surface area contributed by atoms with Gasteiger partial charge in [-0.3, -0.25) is 4.90 Å². The number of hydrogen-bond donors (Lipinski definition) is 5. The lowest BCUT2D eigenvalue weighted by molar-refractivity contribution is -0.138. The number of phenols is 1. The molecular formula is C35H33F6N9O2S. The molecule has 53 heavy (non-hydrogen) atoms. The third-order valence-electron chi connectivity index (χ3n) is 10.0. The molecule has 2 aromatic carbocycles. The maximum atomic E-state index is 17.2. The van der Waals surface area contributed by atoms with Crippen LogP contribution >= 0.6 is 11.3 Å². The van der Waals surface area contributed by atoms with Crippen LogP contribution in [0.3, 0.4) is 0 Å². The number of nitrogens with zero attached hydrogens (tertiary/aromatic N) is 5. The molecule has 2 fully saturated rings. The van der Waals surface area contributed by atoms with E-state index >= 15 is 17.6 Å². The SMILES string of the molecule is N#Cc1c(N)sc2c(F)ccc(-c3c(C(F)(F)F)c(O)c4c(N[C@H](CCCN)c5cccnc5N)nc(OC[C@@]56CCCN5C[C@H](F)C6)nc4c3F)c12. The number of pyridine rings is 1. The van der Waals surface area contributed by atoms with E-state index in [0.29, 0.717) is 36.3 Å². The summed E-state index contributed by atoms with van der Waals surface area (Å²) in [6.07, 6.45) is -2.82. The number of nitriles is 1. The van der Waals surface area contributed by atoms with Crippen LogP contribution in [0, 0.1) is 23.0 Å². The summed E-state index contributed by atoms with van der Waals surface area (Å²) in [7, 11) is 0. The minimum Gasteiger partial charge on any atom is -0.506 e. The zero-order valence-corrected chi connectivity index (χ0v) is 28.7. The first kappa shape index (κ1) is 36.2. The Balaban J connectivity index is 1.49. The van der Waals surface area contributed by atoms with Gasteiger partial charge in [0, 0.05) is 35.7 Å². The molecule has 2 aliphatic rings. The third-order valence-corrected chi connectivity index (χ3v) is 11.0.